The van der Waals surface area contributed by atoms with Crippen LogP contribution in [-0.4, -0.2) is 42.4 Å². The lowest BCUT2D eigenvalue weighted by molar-refractivity contribution is -0.384. The number of aliphatic hydroxyl groups is 1. The molecule has 1 saturated heterocycles. The van der Waals surface area contributed by atoms with Gasteiger partial charge in [0.15, 0.2) is 0 Å². The summed E-state index contributed by atoms with van der Waals surface area (Å²) in [6, 6.07) is 12.7. The van der Waals surface area contributed by atoms with E-state index >= 15 is 0 Å². The van der Waals surface area contributed by atoms with Crippen molar-refractivity contribution in [2.45, 2.75) is 23.8 Å². The molecule has 3 rings (SSSR count). The van der Waals surface area contributed by atoms with Crippen LogP contribution in [-0.2, 0) is 10.0 Å². The zero-order valence-corrected chi connectivity index (χ0v) is 15.4. The lowest BCUT2D eigenvalue weighted by atomic mass is 10.1. The molecule has 0 spiro atoms. The molecular formula is C18H21N3O5S. The average molecular weight is 391 g/mol. The molecular weight excluding hydrogens is 370 g/mol. The van der Waals surface area contributed by atoms with Crippen LogP contribution in [0, 0.1) is 10.1 Å². The topological polar surface area (TPSA) is 113 Å². The summed E-state index contributed by atoms with van der Waals surface area (Å²) in [6.07, 6.45) is 0.732. The number of aliphatic hydroxyl groups excluding tert-OH is 1. The number of nitro groups is 1. The molecule has 0 saturated carbocycles. The molecule has 2 aromatic rings. The van der Waals surface area contributed by atoms with Gasteiger partial charge >= 0.3 is 0 Å². The summed E-state index contributed by atoms with van der Waals surface area (Å²) in [5.41, 5.74) is 0.506. The maximum absolute atomic E-state index is 12.6. The van der Waals surface area contributed by atoms with E-state index in [2.05, 4.69) is 5.32 Å². The number of hydrogen-bond acceptors (Lipinski definition) is 6. The van der Waals surface area contributed by atoms with E-state index in [1.807, 2.05) is 6.07 Å². The summed E-state index contributed by atoms with van der Waals surface area (Å²) in [5.74, 6) is 0. The monoisotopic (exact) mass is 391 g/mol. The molecule has 27 heavy (non-hydrogen) atoms. The second kappa shape index (κ2) is 8.03. The van der Waals surface area contributed by atoms with Gasteiger partial charge in [-0.05, 0) is 30.5 Å². The third-order valence-electron chi connectivity index (χ3n) is 4.54. The van der Waals surface area contributed by atoms with Gasteiger partial charge < -0.3 is 10.4 Å². The Morgan fingerprint density at radius 3 is 2.44 bits per heavy atom. The smallest absolute Gasteiger partial charge is 0.293 e. The molecule has 8 nitrogen and oxygen atoms in total. The minimum Gasteiger partial charge on any atom is -0.387 e. The molecule has 0 aliphatic carbocycles. The number of nitrogens with zero attached hydrogens (tertiary/aromatic N) is 2. The maximum atomic E-state index is 12.6. The fourth-order valence-corrected chi connectivity index (χ4v) is 4.59. The minimum atomic E-state index is -3.73. The Hall–Kier alpha value is -2.49. The van der Waals surface area contributed by atoms with E-state index in [1.165, 1.54) is 16.4 Å². The van der Waals surface area contributed by atoms with Crippen molar-refractivity contribution in [1.82, 2.24) is 4.31 Å². The predicted octanol–water partition coefficient (Wildman–Crippen LogP) is 2.52. The lowest BCUT2D eigenvalue weighted by Crippen LogP contribution is -2.27. The van der Waals surface area contributed by atoms with Crippen LogP contribution in [0.15, 0.2) is 53.4 Å². The summed E-state index contributed by atoms with van der Waals surface area (Å²) in [4.78, 5) is 10.7. The second-order valence-electron chi connectivity index (χ2n) is 6.35. The fraction of sp³-hybridized carbons (Fsp3) is 0.333. The lowest BCUT2D eigenvalue weighted by Gasteiger charge is -2.17. The highest BCUT2D eigenvalue weighted by atomic mass is 32.2. The van der Waals surface area contributed by atoms with E-state index in [4.69, 9.17) is 0 Å². The quantitative estimate of drug-likeness (QED) is 0.554. The maximum Gasteiger partial charge on any atom is 0.293 e. The highest BCUT2D eigenvalue weighted by Gasteiger charge is 2.29. The summed E-state index contributed by atoms with van der Waals surface area (Å²) in [6.45, 7) is 0.919. The van der Waals surface area contributed by atoms with E-state index < -0.39 is 21.1 Å². The van der Waals surface area contributed by atoms with Gasteiger partial charge in [0, 0.05) is 25.7 Å². The standard InChI is InChI=1S/C18H21N3O5S/c22-18(14-6-2-1-3-7-14)13-19-16-9-8-15(12-17(16)21(23)24)27(25,26)20-10-4-5-11-20/h1-3,6-9,12,18-19,22H,4-5,10-11,13H2/t18-/m1/s1. The molecule has 1 aliphatic rings. The van der Waals surface area contributed by atoms with Crippen molar-refractivity contribution >= 4 is 21.4 Å². The first-order chi connectivity index (χ1) is 12.9. The number of benzene rings is 2. The van der Waals surface area contributed by atoms with Gasteiger partial charge in [-0.3, -0.25) is 10.1 Å². The number of hydrogen-bond donors (Lipinski definition) is 2. The van der Waals surface area contributed by atoms with Gasteiger partial charge in [-0.1, -0.05) is 30.3 Å². The van der Waals surface area contributed by atoms with Crippen molar-refractivity contribution in [2.24, 2.45) is 0 Å². The van der Waals surface area contributed by atoms with Crippen LogP contribution < -0.4 is 5.32 Å². The Morgan fingerprint density at radius 1 is 1.15 bits per heavy atom. The molecule has 0 bridgehead atoms. The Morgan fingerprint density at radius 2 is 1.81 bits per heavy atom. The molecule has 1 heterocycles. The molecule has 144 valence electrons. The van der Waals surface area contributed by atoms with E-state index in [9.17, 15) is 23.6 Å². The largest absolute Gasteiger partial charge is 0.387 e. The first kappa shape index (κ1) is 19.3. The highest BCUT2D eigenvalue weighted by molar-refractivity contribution is 7.89. The molecule has 1 atom stereocenters. The van der Waals surface area contributed by atoms with E-state index in [0.29, 0.717) is 18.7 Å². The van der Waals surface area contributed by atoms with Crippen molar-refractivity contribution in [3.05, 3.63) is 64.2 Å². The van der Waals surface area contributed by atoms with Crippen LogP contribution >= 0.6 is 0 Å². The number of sulfonamides is 1. The van der Waals surface area contributed by atoms with Crippen LogP contribution in [0.3, 0.4) is 0 Å². The van der Waals surface area contributed by atoms with Crippen molar-refractivity contribution in [2.75, 3.05) is 25.0 Å². The molecule has 2 N–H and O–H groups in total. The Bertz CT molecular complexity index is 912. The zero-order valence-electron chi connectivity index (χ0n) is 14.6. The zero-order chi connectivity index (χ0) is 19.4. The number of nitrogens with one attached hydrogen (secondary N) is 1. The van der Waals surface area contributed by atoms with Crippen LogP contribution in [0.4, 0.5) is 11.4 Å². The average Bonchev–Trinajstić information content (AvgIpc) is 3.22. The number of nitro benzene ring substituents is 1. The summed E-state index contributed by atoms with van der Waals surface area (Å²) < 4.78 is 26.6. The third-order valence-corrected chi connectivity index (χ3v) is 6.43. The van der Waals surface area contributed by atoms with Crippen molar-refractivity contribution < 1.29 is 18.4 Å². The summed E-state index contributed by atoms with van der Waals surface area (Å²) >= 11 is 0. The highest BCUT2D eigenvalue weighted by Crippen LogP contribution is 2.30. The first-order valence-corrected chi connectivity index (χ1v) is 10.1. The molecule has 2 aromatic carbocycles. The second-order valence-corrected chi connectivity index (χ2v) is 8.29. The van der Waals surface area contributed by atoms with E-state index in [1.54, 1.807) is 24.3 Å². The Labute approximate surface area is 157 Å². The summed E-state index contributed by atoms with van der Waals surface area (Å²) in [7, 11) is -3.73. The fourth-order valence-electron chi connectivity index (χ4n) is 3.05. The SMILES string of the molecule is O=[N+]([O-])c1cc(S(=O)(=O)N2CCCC2)ccc1NC[C@@H](O)c1ccccc1. The van der Waals surface area contributed by atoms with Crippen LogP contribution in [0.25, 0.3) is 0 Å². The molecule has 0 aromatic heterocycles. The van der Waals surface area contributed by atoms with Gasteiger partial charge in [-0.25, -0.2) is 8.42 Å². The molecule has 0 unspecified atom stereocenters. The number of anilines is 1. The van der Waals surface area contributed by atoms with Crippen LogP contribution in [0.2, 0.25) is 0 Å². The van der Waals surface area contributed by atoms with Gasteiger partial charge in [-0.15, -0.1) is 0 Å². The summed E-state index contributed by atoms with van der Waals surface area (Å²) in [5, 5.41) is 24.5. The van der Waals surface area contributed by atoms with Gasteiger partial charge in [0.25, 0.3) is 5.69 Å². The molecule has 1 aliphatic heterocycles. The van der Waals surface area contributed by atoms with E-state index in [-0.39, 0.29) is 22.8 Å². The van der Waals surface area contributed by atoms with Crippen molar-refractivity contribution in [3.8, 4) is 0 Å². The third kappa shape index (κ3) is 4.26. The molecule has 0 amide bonds. The van der Waals surface area contributed by atoms with Crippen molar-refractivity contribution in [1.29, 1.82) is 0 Å². The minimum absolute atomic E-state index is 0.0586. The predicted molar refractivity (Wildman–Crippen MR) is 101 cm³/mol. The Kier molecular flexibility index (Phi) is 5.73. The van der Waals surface area contributed by atoms with Crippen LogP contribution in [0.1, 0.15) is 24.5 Å². The van der Waals surface area contributed by atoms with Crippen molar-refractivity contribution in [3.63, 3.8) is 0 Å². The number of rotatable bonds is 7. The molecule has 1 fully saturated rings. The molecule has 0 radical (unpaired) electrons. The van der Waals surface area contributed by atoms with Gasteiger partial charge in [-0.2, -0.15) is 4.31 Å². The van der Waals surface area contributed by atoms with Gasteiger partial charge in [0.1, 0.15) is 5.69 Å². The normalized spacial score (nSPS) is 16.2. The Balaban J connectivity index is 1.81. The van der Waals surface area contributed by atoms with Gasteiger partial charge in [0.2, 0.25) is 10.0 Å². The van der Waals surface area contributed by atoms with Crippen LogP contribution in [0.5, 0.6) is 0 Å². The van der Waals surface area contributed by atoms with E-state index in [0.717, 1.165) is 18.9 Å². The molecule has 9 heteroatoms. The van der Waals surface area contributed by atoms with Gasteiger partial charge in [0.05, 0.1) is 15.9 Å². The first-order valence-electron chi connectivity index (χ1n) is 8.65.